The van der Waals surface area contributed by atoms with E-state index in [2.05, 4.69) is 153 Å². The molecule has 3 aliphatic rings. The SMILES string of the molecule is CCN1/C(=C/C=C2\CCCC(/C=C/C3=[N+](CC)c4ccccc4C3(C)C)=C2Oc2ccc(CCNC(C)=O)cc2)C(C)(C)c2ccccc21. The molecule has 5 nitrogen and oxygen atoms in total. The first-order chi connectivity index (χ1) is 23.6. The highest BCUT2D eigenvalue weighted by Gasteiger charge is 2.43. The number of nitrogens with one attached hydrogen (secondary N) is 1. The van der Waals surface area contributed by atoms with Gasteiger partial charge in [0.15, 0.2) is 5.71 Å². The number of benzene rings is 3. The summed E-state index contributed by atoms with van der Waals surface area (Å²) in [5.74, 6) is 1.78. The van der Waals surface area contributed by atoms with Crippen LogP contribution in [0.5, 0.6) is 5.75 Å². The second kappa shape index (κ2) is 14.1. The summed E-state index contributed by atoms with van der Waals surface area (Å²) in [7, 11) is 0. The first kappa shape index (κ1) is 34.2. The van der Waals surface area contributed by atoms with Gasteiger partial charge in [-0.1, -0.05) is 68.5 Å². The molecule has 0 aromatic heterocycles. The third-order valence-electron chi connectivity index (χ3n) is 10.5. The predicted molar refractivity (Wildman–Crippen MR) is 203 cm³/mol. The summed E-state index contributed by atoms with van der Waals surface area (Å²) < 4.78 is 9.32. The molecule has 0 bridgehead atoms. The van der Waals surface area contributed by atoms with E-state index in [9.17, 15) is 4.79 Å². The van der Waals surface area contributed by atoms with Crippen LogP contribution in [0, 0.1) is 0 Å². The lowest BCUT2D eigenvalue weighted by Crippen LogP contribution is -2.27. The lowest BCUT2D eigenvalue weighted by molar-refractivity contribution is -0.433. The molecule has 0 saturated carbocycles. The standard InChI is InChI=1S/C44H51N3O2/c1-8-46-38-19-12-10-17-36(38)43(4,5)40(46)27-23-33-15-14-16-34(42(33)49-35-25-21-32(22-26-35)29-30-45-31(3)48)24-28-41-44(6,7)37-18-11-13-20-39(37)47(41)9-2/h10-13,17-28H,8-9,14-16,29-30H2,1-7H3/p+1. The molecule has 2 heterocycles. The average molecular weight is 655 g/mol. The van der Waals surface area contributed by atoms with E-state index in [1.807, 2.05) is 0 Å². The number of hydrogen-bond acceptors (Lipinski definition) is 3. The molecule has 1 N–H and O–H groups in total. The van der Waals surface area contributed by atoms with E-state index >= 15 is 0 Å². The number of carbonyl (C=O) groups excluding carboxylic acids is 1. The first-order valence-corrected chi connectivity index (χ1v) is 18.0. The largest absolute Gasteiger partial charge is 0.457 e. The summed E-state index contributed by atoms with van der Waals surface area (Å²) in [6, 6.07) is 25.9. The molecule has 254 valence electrons. The Labute approximate surface area is 293 Å². The van der Waals surface area contributed by atoms with E-state index in [-0.39, 0.29) is 16.7 Å². The van der Waals surface area contributed by atoms with Gasteiger partial charge in [-0.2, -0.15) is 4.58 Å². The van der Waals surface area contributed by atoms with Crippen LogP contribution in [0.15, 0.2) is 120 Å². The fourth-order valence-corrected chi connectivity index (χ4v) is 7.90. The van der Waals surface area contributed by atoms with Crippen molar-refractivity contribution >= 4 is 23.0 Å². The molecule has 2 aliphatic heterocycles. The van der Waals surface area contributed by atoms with Gasteiger partial charge in [0.1, 0.15) is 18.1 Å². The second-order valence-corrected chi connectivity index (χ2v) is 14.4. The number of allylic oxidation sites excluding steroid dienone is 7. The zero-order valence-electron chi connectivity index (χ0n) is 30.4. The maximum absolute atomic E-state index is 11.3. The van der Waals surface area contributed by atoms with Gasteiger partial charge < -0.3 is 15.0 Å². The van der Waals surface area contributed by atoms with Crippen LogP contribution in [0.4, 0.5) is 11.4 Å². The van der Waals surface area contributed by atoms with Crippen LogP contribution in [-0.4, -0.2) is 35.8 Å². The zero-order chi connectivity index (χ0) is 34.8. The number of carbonyl (C=O) groups is 1. The van der Waals surface area contributed by atoms with E-state index in [4.69, 9.17) is 4.74 Å². The molecule has 0 saturated heterocycles. The van der Waals surface area contributed by atoms with Crippen molar-refractivity contribution in [3.8, 4) is 5.75 Å². The lowest BCUT2D eigenvalue weighted by Gasteiger charge is -2.26. The molecular formula is C44H52N3O2+. The molecule has 0 radical (unpaired) electrons. The van der Waals surface area contributed by atoms with Crippen molar-refractivity contribution in [2.45, 2.75) is 85.0 Å². The van der Waals surface area contributed by atoms with Crippen LogP contribution in [0.1, 0.15) is 84.4 Å². The Morgan fingerprint density at radius 3 is 2.31 bits per heavy atom. The number of ether oxygens (including phenoxy) is 1. The Balaban J connectivity index is 1.39. The highest BCUT2D eigenvalue weighted by atomic mass is 16.5. The first-order valence-electron chi connectivity index (χ1n) is 18.0. The molecule has 6 rings (SSSR count). The van der Waals surface area contributed by atoms with Gasteiger partial charge in [0.05, 0.1) is 5.41 Å². The number of fused-ring (bicyclic) bond motifs is 2. The molecule has 1 amide bonds. The van der Waals surface area contributed by atoms with Crippen molar-refractivity contribution < 1.29 is 14.1 Å². The van der Waals surface area contributed by atoms with E-state index < -0.39 is 0 Å². The minimum absolute atomic E-state index is 0.00363. The summed E-state index contributed by atoms with van der Waals surface area (Å²) in [6.45, 7) is 17.8. The quantitative estimate of drug-likeness (QED) is 0.222. The lowest BCUT2D eigenvalue weighted by atomic mass is 9.81. The van der Waals surface area contributed by atoms with Crippen LogP contribution in [0.25, 0.3) is 0 Å². The fraction of sp³-hybridized carbons (Fsp3) is 0.364. The Morgan fingerprint density at radius 2 is 1.59 bits per heavy atom. The molecular weight excluding hydrogens is 603 g/mol. The number of likely N-dealkylation sites (N-methyl/N-ethyl adjacent to an activating group) is 1. The summed E-state index contributed by atoms with van der Waals surface area (Å²) >= 11 is 0. The minimum atomic E-state index is -0.0951. The van der Waals surface area contributed by atoms with E-state index in [1.54, 1.807) is 6.92 Å². The Kier molecular flexibility index (Phi) is 9.83. The summed E-state index contributed by atoms with van der Waals surface area (Å²) in [6.07, 6.45) is 13.1. The molecule has 3 aromatic carbocycles. The number of para-hydroxylation sites is 2. The van der Waals surface area contributed by atoms with Gasteiger partial charge in [-0.05, 0) is 106 Å². The molecule has 0 atom stereocenters. The van der Waals surface area contributed by atoms with Crippen molar-refractivity contribution in [2.75, 3.05) is 24.5 Å². The van der Waals surface area contributed by atoms with Crippen molar-refractivity contribution in [3.05, 3.63) is 136 Å². The molecule has 0 unspecified atom stereocenters. The maximum Gasteiger partial charge on any atom is 0.216 e. The summed E-state index contributed by atoms with van der Waals surface area (Å²) in [5.41, 5.74) is 11.4. The smallest absolute Gasteiger partial charge is 0.216 e. The van der Waals surface area contributed by atoms with Crippen molar-refractivity contribution in [1.29, 1.82) is 0 Å². The molecule has 3 aromatic rings. The highest BCUT2D eigenvalue weighted by Crippen LogP contribution is 2.48. The van der Waals surface area contributed by atoms with Crippen LogP contribution >= 0.6 is 0 Å². The van der Waals surface area contributed by atoms with E-state index in [0.29, 0.717) is 6.54 Å². The Hall–Kier alpha value is -4.64. The van der Waals surface area contributed by atoms with Gasteiger partial charge in [0.2, 0.25) is 11.6 Å². The van der Waals surface area contributed by atoms with Crippen LogP contribution in [-0.2, 0) is 22.0 Å². The van der Waals surface area contributed by atoms with Gasteiger partial charge in [0, 0.05) is 54.5 Å². The molecule has 0 spiro atoms. The zero-order valence-corrected chi connectivity index (χ0v) is 30.4. The fourth-order valence-electron chi connectivity index (χ4n) is 7.90. The van der Waals surface area contributed by atoms with Crippen molar-refractivity contribution in [3.63, 3.8) is 0 Å². The number of hydrogen-bond donors (Lipinski definition) is 1. The Bertz CT molecular complexity index is 1880. The van der Waals surface area contributed by atoms with Gasteiger partial charge in [-0.3, -0.25) is 4.79 Å². The third-order valence-corrected chi connectivity index (χ3v) is 10.5. The normalized spacial score (nSPS) is 19.6. The number of anilines is 1. The van der Waals surface area contributed by atoms with Gasteiger partial charge in [0.25, 0.3) is 0 Å². The van der Waals surface area contributed by atoms with Gasteiger partial charge >= 0.3 is 0 Å². The number of nitrogens with zero attached hydrogens (tertiary/aromatic N) is 2. The van der Waals surface area contributed by atoms with Crippen LogP contribution in [0.2, 0.25) is 0 Å². The monoisotopic (exact) mass is 654 g/mol. The summed E-state index contributed by atoms with van der Waals surface area (Å²) in [4.78, 5) is 13.8. The van der Waals surface area contributed by atoms with Crippen LogP contribution in [0.3, 0.4) is 0 Å². The second-order valence-electron chi connectivity index (χ2n) is 14.4. The van der Waals surface area contributed by atoms with Crippen molar-refractivity contribution in [1.82, 2.24) is 5.32 Å². The molecule has 0 fully saturated rings. The maximum atomic E-state index is 11.3. The molecule has 1 aliphatic carbocycles. The van der Waals surface area contributed by atoms with Gasteiger partial charge in [-0.25, -0.2) is 0 Å². The number of amides is 1. The molecule has 49 heavy (non-hydrogen) atoms. The van der Waals surface area contributed by atoms with E-state index in [1.165, 1.54) is 50.6 Å². The molecule has 5 heteroatoms. The number of rotatable bonds is 10. The van der Waals surface area contributed by atoms with E-state index in [0.717, 1.165) is 50.3 Å². The highest BCUT2D eigenvalue weighted by molar-refractivity contribution is 6.03. The average Bonchev–Trinajstić information content (AvgIpc) is 3.45. The van der Waals surface area contributed by atoms with Gasteiger partial charge in [-0.15, -0.1) is 0 Å². The topological polar surface area (TPSA) is 44.6 Å². The van der Waals surface area contributed by atoms with Crippen molar-refractivity contribution in [2.24, 2.45) is 0 Å². The summed E-state index contributed by atoms with van der Waals surface area (Å²) in [5, 5.41) is 2.89. The van der Waals surface area contributed by atoms with Crippen LogP contribution < -0.4 is 15.0 Å². The third kappa shape index (κ3) is 6.68. The Morgan fingerprint density at radius 1 is 0.878 bits per heavy atom. The predicted octanol–water partition coefficient (Wildman–Crippen LogP) is 9.46. The minimum Gasteiger partial charge on any atom is -0.457 e.